The van der Waals surface area contributed by atoms with Gasteiger partial charge in [0, 0.05) is 14.2 Å². The Hall–Kier alpha value is -1.66. The summed E-state index contributed by atoms with van der Waals surface area (Å²) in [7, 11) is 3.25. The molecule has 1 atom stereocenters. The lowest BCUT2D eigenvalue weighted by molar-refractivity contribution is -0.155. The van der Waals surface area contributed by atoms with Gasteiger partial charge in [0.2, 0.25) is 12.1 Å². The second kappa shape index (κ2) is 11.4. The third-order valence-electron chi connectivity index (χ3n) is 1.03. The van der Waals surface area contributed by atoms with Crippen LogP contribution in [-0.2, 0) is 19.1 Å². The highest BCUT2D eigenvalue weighted by Gasteiger charge is 2.16. The molecule has 0 radical (unpaired) electrons. The van der Waals surface area contributed by atoms with Crippen molar-refractivity contribution in [3.63, 3.8) is 0 Å². The van der Waals surface area contributed by atoms with E-state index in [-0.39, 0.29) is 6.61 Å². The fraction of sp³-hybridized carbons (Fsp3) is 0.400. The molecule has 0 aliphatic heterocycles. The maximum atomic E-state index is 10.8. The molecule has 0 heterocycles. The number of nitrogens with one attached hydrogen (secondary N) is 1. The minimum atomic E-state index is -1.66. The van der Waals surface area contributed by atoms with Gasteiger partial charge in [-0.25, -0.2) is 4.79 Å². The van der Waals surface area contributed by atoms with E-state index in [4.69, 9.17) is 5.11 Å². The van der Waals surface area contributed by atoms with E-state index in [2.05, 4.69) is 22.6 Å². The van der Waals surface area contributed by atoms with Crippen molar-refractivity contribution in [1.29, 1.82) is 0 Å². The molecule has 0 aliphatic carbocycles. The van der Waals surface area contributed by atoms with Crippen LogP contribution in [0, 0.1) is 0 Å². The average molecular weight is 231 g/mol. The number of amides is 1. The molecule has 0 aliphatic rings. The highest BCUT2D eigenvalue weighted by Crippen LogP contribution is 1.85. The second-order valence-corrected chi connectivity index (χ2v) is 2.44. The number of carbonyl (C=O) groups is 2. The van der Waals surface area contributed by atoms with Gasteiger partial charge in [0.15, 0.2) is 0 Å². The fourth-order valence-corrected chi connectivity index (χ4v) is 0.473. The van der Waals surface area contributed by atoms with Crippen LogP contribution in [0.5, 0.6) is 0 Å². The van der Waals surface area contributed by atoms with Gasteiger partial charge in [0.1, 0.15) is 6.61 Å². The maximum Gasteiger partial charge on any atom is 0.356 e. The normalized spacial score (nSPS) is 10.2. The Morgan fingerprint density at radius 3 is 2.31 bits per heavy atom. The molecule has 6 heteroatoms. The summed E-state index contributed by atoms with van der Waals surface area (Å²) in [5.41, 5.74) is 0. The predicted octanol–water partition coefficient (Wildman–Crippen LogP) is -0.401. The summed E-state index contributed by atoms with van der Waals surface area (Å²) < 4.78 is 8.69. The van der Waals surface area contributed by atoms with Crippen LogP contribution in [-0.4, -0.2) is 44.0 Å². The average Bonchev–Trinajstić information content (AvgIpc) is 2.26. The SMILES string of the molecule is C=CCOC(=O)C(O)NC(=O)C=C.COC. The van der Waals surface area contributed by atoms with Gasteiger partial charge in [0.05, 0.1) is 0 Å². The van der Waals surface area contributed by atoms with E-state index in [1.54, 1.807) is 14.2 Å². The number of hydrogen-bond donors (Lipinski definition) is 2. The number of carbonyl (C=O) groups excluding carboxylic acids is 2. The van der Waals surface area contributed by atoms with Crippen molar-refractivity contribution in [3.05, 3.63) is 25.3 Å². The summed E-state index contributed by atoms with van der Waals surface area (Å²) in [5, 5.41) is 10.9. The Morgan fingerprint density at radius 1 is 1.44 bits per heavy atom. The molecule has 0 rings (SSSR count). The van der Waals surface area contributed by atoms with Crippen LogP contribution >= 0.6 is 0 Å². The highest BCUT2D eigenvalue weighted by molar-refractivity contribution is 5.90. The molecule has 1 amide bonds. The summed E-state index contributed by atoms with van der Waals surface area (Å²) in [5.74, 6) is -1.59. The molecule has 0 fully saturated rings. The first-order chi connectivity index (χ1) is 7.53. The van der Waals surface area contributed by atoms with Crippen molar-refractivity contribution in [2.24, 2.45) is 0 Å². The monoisotopic (exact) mass is 231 g/mol. The van der Waals surface area contributed by atoms with Crippen LogP contribution in [0.4, 0.5) is 0 Å². The molecule has 0 bridgehead atoms. The molecule has 0 aromatic carbocycles. The first kappa shape index (κ1) is 16.8. The Kier molecular flexibility index (Phi) is 12.0. The summed E-state index contributed by atoms with van der Waals surface area (Å²) in [6.07, 6.45) is 0.620. The predicted molar refractivity (Wildman–Crippen MR) is 58.4 cm³/mol. The van der Waals surface area contributed by atoms with Crippen LogP contribution in [0.3, 0.4) is 0 Å². The van der Waals surface area contributed by atoms with Gasteiger partial charge in [-0.05, 0) is 6.08 Å². The number of ether oxygens (including phenoxy) is 2. The van der Waals surface area contributed by atoms with E-state index in [0.717, 1.165) is 6.08 Å². The largest absolute Gasteiger partial charge is 0.458 e. The molecular formula is C10H17NO5. The Morgan fingerprint density at radius 2 is 1.94 bits per heavy atom. The lowest BCUT2D eigenvalue weighted by Gasteiger charge is -2.09. The summed E-state index contributed by atoms with van der Waals surface area (Å²) in [4.78, 5) is 21.4. The zero-order valence-electron chi connectivity index (χ0n) is 9.43. The minimum absolute atomic E-state index is 0.0140. The lowest BCUT2D eigenvalue weighted by atomic mass is 10.5. The van der Waals surface area contributed by atoms with E-state index in [1.165, 1.54) is 6.08 Å². The zero-order chi connectivity index (χ0) is 13.0. The van der Waals surface area contributed by atoms with Crippen molar-refractivity contribution < 1.29 is 24.2 Å². The van der Waals surface area contributed by atoms with Crippen LogP contribution in [0.1, 0.15) is 0 Å². The van der Waals surface area contributed by atoms with E-state index < -0.39 is 18.1 Å². The smallest absolute Gasteiger partial charge is 0.356 e. The van der Waals surface area contributed by atoms with E-state index in [1.807, 2.05) is 5.32 Å². The highest BCUT2D eigenvalue weighted by atomic mass is 16.5. The van der Waals surface area contributed by atoms with Gasteiger partial charge in [-0.2, -0.15) is 0 Å². The molecule has 92 valence electrons. The molecular weight excluding hydrogens is 214 g/mol. The number of esters is 1. The number of aliphatic hydroxyl groups is 1. The standard InChI is InChI=1S/C8H11NO4.C2H6O/c1-3-5-13-8(12)7(11)9-6(10)4-2;1-3-2/h3-4,7,11H,1-2,5H2,(H,9,10);1-2H3. The molecule has 0 aromatic heterocycles. The van der Waals surface area contributed by atoms with Crippen LogP contribution in [0.2, 0.25) is 0 Å². The summed E-state index contributed by atoms with van der Waals surface area (Å²) >= 11 is 0. The Labute approximate surface area is 94.5 Å². The lowest BCUT2D eigenvalue weighted by Crippen LogP contribution is -2.40. The van der Waals surface area contributed by atoms with Crippen LogP contribution in [0.25, 0.3) is 0 Å². The number of aliphatic hydroxyl groups excluding tert-OH is 1. The summed E-state index contributed by atoms with van der Waals surface area (Å²) in [6, 6.07) is 0. The quantitative estimate of drug-likeness (QED) is 0.291. The van der Waals surface area contributed by atoms with Gasteiger partial charge in [-0.3, -0.25) is 4.79 Å². The number of methoxy groups -OCH3 is 1. The van der Waals surface area contributed by atoms with Crippen molar-refractivity contribution in [2.45, 2.75) is 6.23 Å². The zero-order valence-corrected chi connectivity index (χ0v) is 9.43. The van der Waals surface area contributed by atoms with Gasteiger partial charge in [-0.15, -0.1) is 0 Å². The van der Waals surface area contributed by atoms with Crippen molar-refractivity contribution in [2.75, 3.05) is 20.8 Å². The first-order valence-electron chi connectivity index (χ1n) is 4.32. The molecule has 16 heavy (non-hydrogen) atoms. The third kappa shape index (κ3) is 10.4. The molecule has 6 nitrogen and oxygen atoms in total. The third-order valence-corrected chi connectivity index (χ3v) is 1.03. The molecule has 0 aromatic rings. The fourth-order valence-electron chi connectivity index (χ4n) is 0.473. The van der Waals surface area contributed by atoms with Crippen LogP contribution < -0.4 is 5.32 Å². The Balaban J connectivity index is 0. The maximum absolute atomic E-state index is 10.8. The second-order valence-electron chi connectivity index (χ2n) is 2.44. The first-order valence-corrected chi connectivity index (χ1v) is 4.32. The van der Waals surface area contributed by atoms with E-state index in [0.29, 0.717) is 0 Å². The van der Waals surface area contributed by atoms with E-state index >= 15 is 0 Å². The molecule has 0 spiro atoms. The van der Waals surface area contributed by atoms with Gasteiger partial charge < -0.3 is 19.9 Å². The topological polar surface area (TPSA) is 84.9 Å². The number of rotatable bonds is 5. The van der Waals surface area contributed by atoms with Crippen LogP contribution in [0.15, 0.2) is 25.3 Å². The molecule has 0 saturated carbocycles. The van der Waals surface area contributed by atoms with Crippen molar-refractivity contribution in [1.82, 2.24) is 5.32 Å². The molecule has 0 saturated heterocycles. The van der Waals surface area contributed by atoms with Crippen molar-refractivity contribution >= 4 is 11.9 Å². The van der Waals surface area contributed by atoms with Gasteiger partial charge in [0.25, 0.3) is 0 Å². The van der Waals surface area contributed by atoms with E-state index in [9.17, 15) is 9.59 Å². The van der Waals surface area contributed by atoms with Gasteiger partial charge >= 0.3 is 5.97 Å². The number of hydrogen-bond acceptors (Lipinski definition) is 5. The molecule has 2 N–H and O–H groups in total. The summed E-state index contributed by atoms with van der Waals surface area (Å²) in [6.45, 7) is 6.44. The minimum Gasteiger partial charge on any atom is -0.458 e. The van der Waals surface area contributed by atoms with Gasteiger partial charge in [-0.1, -0.05) is 19.2 Å². The van der Waals surface area contributed by atoms with Crippen molar-refractivity contribution in [3.8, 4) is 0 Å². The Bertz CT molecular complexity index is 239. The molecule has 1 unspecified atom stereocenters.